The molecule has 198 valence electrons. The summed E-state index contributed by atoms with van der Waals surface area (Å²) >= 11 is 13.8. The molecule has 0 aliphatic heterocycles. The standard InChI is InChI=1S/C22H18Br4N8O4/c23-9-1-11-17(13(25)3-9)27-7-29-21(11)33-31-5-15(19(37)20(38)16(36)6-35)32-34-22-12-2-10(24)4-14(26)18(12)28-8-30-22/h1-5,7-8,16,19-20,35-38H,6H2,(H,27,29,33)(H,28,30,34)/b31-5-,32-15+. The fourth-order valence-electron chi connectivity index (χ4n) is 3.30. The Labute approximate surface area is 248 Å². The van der Waals surface area contributed by atoms with Crippen LogP contribution in [0, 0.1) is 0 Å². The summed E-state index contributed by atoms with van der Waals surface area (Å²) in [4.78, 5) is 16.9. The first kappa shape index (κ1) is 28.8. The van der Waals surface area contributed by atoms with Gasteiger partial charge in [0.25, 0.3) is 0 Å². The molecule has 0 saturated carbocycles. The van der Waals surface area contributed by atoms with E-state index in [4.69, 9.17) is 0 Å². The molecule has 3 atom stereocenters. The first-order chi connectivity index (χ1) is 18.2. The second-order valence-electron chi connectivity index (χ2n) is 7.72. The van der Waals surface area contributed by atoms with Crippen LogP contribution in [0.2, 0.25) is 0 Å². The maximum atomic E-state index is 10.7. The Hall–Kier alpha value is -2.18. The Morgan fingerprint density at radius 1 is 0.816 bits per heavy atom. The fraction of sp³-hybridized carbons (Fsp3) is 0.182. The number of halogens is 4. The van der Waals surface area contributed by atoms with Crippen LogP contribution >= 0.6 is 63.7 Å². The van der Waals surface area contributed by atoms with Gasteiger partial charge in [-0.3, -0.25) is 10.9 Å². The van der Waals surface area contributed by atoms with Crippen molar-refractivity contribution in [3.8, 4) is 0 Å². The molecule has 0 radical (unpaired) electrons. The molecule has 12 nitrogen and oxygen atoms in total. The number of hydrogen-bond acceptors (Lipinski definition) is 12. The SMILES string of the molecule is OCC(O)C(O)C(O)C(/C=N\Nc1ncnc2c(Br)cc(Br)cc12)=N/Nc1ncnc2c(Br)cc(Br)cc12. The van der Waals surface area contributed by atoms with E-state index in [0.717, 1.165) is 24.1 Å². The van der Waals surface area contributed by atoms with Gasteiger partial charge in [0.15, 0.2) is 11.6 Å². The first-order valence-electron chi connectivity index (χ1n) is 10.7. The average Bonchev–Trinajstić information content (AvgIpc) is 2.89. The van der Waals surface area contributed by atoms with Gasteiger partial charge in [0.2, 0.25) is 0 Å². The Morgan fingerprint density at radius 2 is 1.34 bits per heavy atom. The van der Waals surface area contributed by atoms with Gasteiger partial charge in [-0.2, -0.15) is 10.2 Å². The molecule has 4 aromatic rings. The molecule has 0 spiro atoms. The first-order valence-corrected chi connectivity index (χ1v) is 13.8. The molecule has 38 heavy (non-hydrogen) atoms. The van der Waals surface area contributed by atoms with Gasteiger partial charge in [-0.1, -0.05) is 31.9 Å². The van der Waals surface area contributed by atoms with Gasteiger partial charge in [-0.05, 0) is 56.1 Å². The van der Waals surface area contributed by atoms with E-state index in [2.05, 4.69) is 105 Å². The summed E-state index contributed by atoms with van der Waals surface area (Å²) < 4.78 is 3.02. The highest BCUT2D eigenvalue weighted by molar-refractivity contribution is 9.11. The lowest BCUT2D eigenvalue weighted by Crippen LogP contribution is -2.44. The monoisotopic (exact) mass is 774 g/mol. The summed E-state index contributed by atoms with van der Waals surface area (Å²) in [5, 5.41) is 49.6. The van der Waals surface area contributed by atoms with Crippen molar-refractivity contribution in [1.82, 2.24) is 19.9 Å². The number of hydrogen-bond donors (Lipinski definition) is 6. The lowest BCUT2D eigenvalue weighted by Gasteiger charge is -2.21. The lowest BCUT2D eigenvalue weighted by molar-refractivity contribution is -0.0548. The molecule has 16 heteroatoms. The lowest BCUT2D eigenvalue weighted by atomic mass is 10.0. The number of anilines is 2. The van der Waals surface area contributed by atoms with Gasteiger partial charge in [-0.25, -0.2) is 19.9 Å². The molecule has 2 heterocycles. The Morgan fingerprint density at radius 3 is 1.87 bits per heavy atom. The van der Waals surface area contributed by atoms with Crippen molar-refractivity contribution in [2.75, 3.05) is 17.5 Å². The van der Waals surface area contributed by atoms with Crippen LogP contribution < -0.4 is 10.9 Å². The van der Waals surface area contributed by atoms with Crippen molar-refractivity contribution in [2.45, 2.75) is 18.3 Å². The zero-order valence-corrected chi connectivity index (χ0v) is 25.3. The predicted molar refractivity (Wildman–Crippen MR) is 158 cm³/mol. The van der Waals surface area contributed by atoms with Gasteiger partial charge in [0, 0.05) is 28.7 Å². The molecule has 0 fully saturated rings. The van der Waals surface area contributed by atoms with Crippen molar-refractivity contribution < 1.29 is 20.4 Å². The summed E-state index contributed by atoms with van der Waals surface area (Å²) in [6, 6.07) is 7.26. The van der Waals surface area contributed by atoms with Gasteiger partial charge >= 0.3 is 0 Å². The van der Waals surface area contributed by atoms with Crippen molar-refractivity contribution >= 4 is 109 Å². The quantitative estimate of drug-likeness (QED) is 0.109. The Bertz CT molecular complexity index is 1540. The number of aliphatic hydroxyl groups excluding tert-OH is 4. The minimum atomic E-state index is -1.76. The van der Waals surface area contributed by atoms with E-state index in [0.29, 0.717) is 33.4 Å². The minimum absolute atomic E-state index is 0.181. The predicted octanol–water partition coefficient (Wildman–Crippen LogP) is 3.56. The second-order valence-corrected chi connectivity index (χ2v) is 11.3. The largest absolute Gasteiger partial charge is 0.394 e. The third-order valence-electron chi connectivity index (χ3n) is 5.18. The highest BCUT2D eigenvalue weighted by Crippen LogP contribution is 2.31. The maximum Gasteiger partial charge on any atom is 0.157 e. The van der Waals surface area contributed by atoms with Crippen molar-refractivity contribution in [3.63, 3.8) is 0 Å². The smallest absolute Gasteiger partial charge is 0.157 e. The molecule has 0 saturated heterocycles. The third-order valence-corrected chi connectivity index (χ3v) is 7.30. The summed E-state index contributed by atoms with van der Waals surface area (Å²) in [5.74, 6) is 0.666. The number of rotatable bonds is 9. The normalized spacial score (nSPS) is 14.7. The van der Waals surface area contributed by atoms with Gasteiger partial charge in [0.1, 0.15) is 36.7 Å². The van der Waals surface area contributed by atoms with Crippen LogP contribution in [0.25, 0.3) is 21.8 Å². The number of aliphatic hydroxyl groups is 4. The fourth-order valence-corrected chi connectivity index (χ4v) is 5.96. The summed E-state index contributed by atoms with van der Waals surface area (Å²) in [6.07, 6.45) is -1.27. The average molecular weight is 778 g/mol. The third kappa shape index (κ3) is 6.51. The summed E-state index contributed by atoms with van der Waals surface area (Å²) in [7, 11) is 0. The van der Waals surface area contributed by atoms with Crippen LogP contribution in [-0.4, -0.2) is 77.2 Å². The van der Waals surface area contributed by atoms with Crippen LogP contribution in [0.5, 0.6) is 0 Å². The molecule has 4 rings (SSSR count). The van der Waals surface area contributed by atoms with Gasteiger partial charge < -0.3 is 20.4 Å². The molecule has 0 amide bonds. The van der Waals surface area contributed by atoms with E-state index >= 15 is 0 Å². The highest BCUT2D eigenvalue weighted by atomic mass is 79.9. The van der Waals surface area contributed by atoms with Crippen LogP contribution in [0.15, 0.2) is 65.0 Å². The molecular formula is C22H18Br4N8O4. The molecule has 6 N–H and O–H groups in total. The topological polar surface area (TPSA) is 181 Å². The molecule has 3 unspecified atom stereocenters. The van der Waals surface area contributed by atoms with Crippen LogP contribution in [-0.2, 0) is 0 Å². The molecule has 0 aliphatic rings. The molecule has 2 aromatic heterocycles. The number of hydrazone groups is 2. The number of benzene rings is 2. The molecule has 2 aromatic carbocycles. The number of aromatic nitrogens is 4. The second kappa shape index (κ2) is 12.8. The zero-order valence-electron chi connectivity index (χ0n) is 19.0. The van der Waals surface area contributed by atoms with E-state index in [-0.39, 0.29) is 5.71 Å². The van der Waals surface area contributed by atoms with Crippen molar-refractivity contribution in [2.24, 2.45) is 10.2 Å². The van der Waals surface area contributed by atoms with Gasteiger partial charge in [0.05, 0.1) is 23.9 Å². The Balaban J connectivity index is 1.68. The van der Waals surface area contributed by atoms with E-state index < -0.39 is 24.9 Å². The van der Waals surface area contributed by atoms with E-state index in [1.807, 2.05) is 12.1 Å². The number of nitrogens with zero attached hydrogens (tertiary/aromatic N) is 6. The van der Waals surface area contributed by atoms with Gasteiger partial charge in [-0.15, -0.1) is 0 Å². The van der Waals surface area contributed by atoms with E-state index in [9.17, 15) is 20.4 Å². The summed E-state index contributed by atoms with van der Waals surface area (Å²) in [5.41, 5.74) is 6.60. The minimum Gasteiger partial charge on any atom is -0.394 e. The van der Waals surface area contributed by atoms with Crippen molar-refractivity contribution in [1.29, 1.82) is 0 Å². The van der Waals surface area contributed by atoms with Crippen LogP contribution in [0.4, 0.5) is 11.6 Å². The number of fused-ring (bicyclic) bond motifs is 2. The zero-order chi connectivity index (χ0) is 27.4. The van der Waals surface area contributed by atoms with E-state index in [1.165, 1.54) is 12.7 Å². The van der Waals surface area contributed by atoms with Crippen LogP contribution in [0.1, 0.15) is 0 Å². The highest BCUT2D eigenvalue weighted by Gasteiger charge is 2.28. The maximum absolute atomic E-state index is 10.7. The molecule has 0 bridgehead atoms. The van der Waals surface area contributed by atoms with Crippen molar-refractivity contribution in [3.05, 3.63) is 54.8 Å². The Kier molecular flexibility index (Phi) is 9.69. The van der Waals surface area contributed by atoms with Crippen LogP contribution in [0.3, 0.4) is 0 Å². The molecular weight excluding hydrogens is 760 g/mol. The number of nitrogens with one attached hydrogen (secondary N) is 2. The molecule has 0 aliphatic carbocycles. The van der Waals surface area contributed by atoms with E-state index in [1.54, 1.807) is 12.1 Å². The summed E-state index contributed by atoms with van der Waals surface area (Å²) in [6.45, 7) is -0.774.